The van der Waals surface area contributed by atoms with Crippen LogP contribution in [0.15, 0.2) is 54.7 Å². The fraction of sp³-hybridized carbons (Fsp3) is 0.655. The van der Waals surface area contributed by atoms with Crippen LogP contribution in [-0.4, -0.2) is 256 Å². The fourth-order valence-electron chi connectivity index (χ4n) is 8.36. The third kappa shape index (κ3) is 30.0. The maximum atomic E-state index is 13.9. The van der Waals surface area contributed by atoms with E-state index in [0.29, 0.717) is 129 Å². The summed E-state index contributed by atoms with van der Waals surface area (Å²) in [6.07, 6.45) is -1.89. The molecule has 3 aromatic rings. The number of aromatic hydroxyl groups is 1. The first-order valence-electron chi connectivity index (χ1n) is 29.4. The van der Waals surface area contributed by atoms with Crippen molar-refractivity contribution in [2.24, 2.45) is 11.6 Å². The van der Waals surface area contributed by atoms with E-state index in [1.54, 1.807) is 24.3 Å². The average Bonchev–Trinajstić information content (AvgIpc) is 3.42. The Kier molecular flexibility index (Phi) is 35.8. The second kappa shape index (κ2) is 43.2. The Bertz CT molecular complexity index is 2370. The molecular weight excluding hydrogens is 1150 g/mol. The minimum atomic E-state index is -0.968. The minimum Gasteiger partial charge on any atom is -0.505 e. The normalized spacial score (nSPS) is 19.2. The van der Waals surface area contributed by atoms with Crippen LogP contribution in [0.5, 0.6) is 11.5 Å². The molecule has 6 unspecified atom stereocenters. The van der Waals surface area contributed by atoms with Crippen molar-refractivity contribution in [2.75, 3.05) is 170 Å². The molecule has 12 N–H and O–H groups in total. The van der Waals surface area contributed by atoms with E-state index in [2.05, 4.69) is 20.9 Å². The van der Waals surface area contributed by atoms with Gasteiger partial charge in [-0.25, -0.2) is 15.2 Å². The first-order valence-corrected chi connectivity index (χ1v) is 29.4. The number of benzene rings is 2. The number of amides is 3. The topological polar surface area (TPSA) is 377 Å². The van der Waals surface area contributed by atoms with Gasteiger partial charge in [-0.1, -0.05) is 6.07 Å². The average molecular weight is 1240 g/mol. The Morgan fingerprint density at radius 3 is 1.64 bits per heavy atom. The molecule has 0 saturated carbocycles. The second-order valence-corrected chi connectivity index (χ2v) is 20.1. The van der Waals surface area contributed by atoms with Crippen molar-refractivity contribution in [1.29, 1.82) is 0 Å². The molecule has 6 atom stereocenters. The lowest BCUT2D eigenvalue weighted by atomic mass is 10.0. The summed E-state index contributed by atoms with van der Waals surface area (Å²) >= 11 is 0. The quantitative estimate of drug-likeness (QED) is 0.0195. The molecular formula is C58H90FN7O21. The molecule has 490 valence electrons. The van der Waals surface area contributed by atoms with Crippen LogP contribution in [0.1, 0.15) is 44.2 Å². The Hall–Kier alpha value is -5.55. The van der Waals surface area contributed by atoms with E-state index < -0.39 is 54.2 Å². The van der Waals surface area contributed by atoms with E-state index in [1.807, 2.05) is 6.07 Å². The van der Waals surface area contributed by atoms with Crippen molar-refractivity contribution < 1.29 is 106 Å². The molecule has 2 fully saturated rings. The van der Waals surface area contributed by atoms with E-state index >= 15 is 0 Å². The molecule has 0 spiro atoms. The van der Waals surface area contributed by atoms with Crippen LogP contribution in [-0.2, 0) is 71.2 Å². The zero-order chi connectivity index (χ0) is 62.3. The van der Waals surface area contributed by atoms with Gasteiger partial charge in [0.1, 0.15) is 30.2 Å². The summed E-state index contributed by atoms with van der Waals surface area (Å²) in [6, 6.07) is 11.9. The lowest BCUT2D eigenvalue weighted by Gasteiger charge is -2.31. The van der Waals surface area contributed by atoms with Crippen molar-refractivity contribution in [2.45, 2.75) is 81.2 Å². The van der Waals surface area contributed by atoms with Gasteiger partial charge in [-0.15, -0.1) is 0 Å². The van der Waals surface area contributed by atoms with Crippen molar-refractivity contribution in [3.05, 3.63) is 66.2 Å². The SMILES string of the molecule is N/C(=C\N(N)c1ccc(O)c(F)c1)c1ccc2cc(OCCCC(=O)NC(COCCC(=O)NCCOCCOCCOCCOCC3OCCC(O)C3O)COCCC(=O)NCCOCCOCCOCCOCC3OCCC(O)C3O)ccc2n1. The zero-order valence-electron chi connectivity index (χ0n) is 49.4. The van der Waals surface area contributed by atoms with Gasteiger partial charge in [-0.05, 0) is 55.7 Å². The fourth-order valence-corrected chi connectivity index (χ4v) is 8.36. The summed E-state index contributed by atoms with van der Waals surface area (Å²) in [5.74, 6) is 4.50. The zero-order valence-corrected chi connectivity index (χ0v) is 49.4. The molecule has 3 amide bonds. The van der Waals surface area contributed by atoms with Crippen molar-refractivity contribution >= 4 is 40.0 Å². The summed E-state index contributed by atoms with van der Waals surface area (Å²) in [5.41, 5.74) is 7.79. The lowest BCUT2D eigenvalue weighted by molar-refractivity contribution is -0.156. The van der Waals surface area contributed by atoms with Gasteiger partial charge >= 0.3 is 0 Å². The number of carbonyl (C=O) groups excluding carboxylic acids is 3. The van der Waals surface area contributed by atoms with Crippen LogP contribution in [0.3, 0.4) is 0 Å². The Balaban J connectivity index is 0.920. The van der Waals surface area contributed by atoms with Gasteiger partial charge in [0, 0.05) is 63.2 Å². The number of nitrogens with two attached hydrogens (primary N) is 2. The van der Waals surface area contributed by atoms with Gasteiger partial charge in [-0.2, -0.15) is 0 Å². The number of nitrogens with zero attached hydrogens (tertiary/aromatic N) is 2. The van der Waals surface area contributed by atoms with Crippen molar-refractivity contribution in [1.82, 2.24) is 20.9 Å². The highest BCUT2D eigenvalue weighted by Gasteiger charge is 2.32. The number of fused-ring (bicyclic) bond motifs is 1. The maximum absolute atomic E-state index is 13.9. The lowest BCUT2D eigenvalue weighted by Crippen LogP contribution is -2.46. The number of hydrogen-bond acceptors (Lipinski definition) is 25. The number of aliphatic hydroxyl groups excluding tert-OH is 4. The summed E-state index contributed by atoms with van der Waals surface area (Å²) < 4.78 is 86.2. The number of carbonyl (C=O) groups is 3. The second-order valence-electron chi connectivity index (χ2n) is 20.1. The summed E-state index contributed by atoms with van der Waals surface area (Å²) in [4.78, 5) is 42.8. The molecule has 5 rings (SSSR count). The molecule has 0 aliphatic carbocycles. The molecule has 29 heteroatoms. The first-order chi connectivity index (χ1) is 42.3. The Morgan fingerprint density at radius 1 is 0.621 bits per heavy atom. The number of ether oxygens (including phenoxy) is 13. The number of phenolic OH excluding ortho intramolecular Hbond substituents is 1. The summed E-state index contributed by atoms with van der Waals surface area (Å²) in [5, 5.41) is 59.2. The summed E-state index contributed by atoms with van der Waals surface area (Å²) in [6.45, 7) is 6.64. The molecule has 2 saturated heterocycles. The monoisotopic (exact) mass is 1240 g/mol. The molecule has 87 heavy (non-hydrogen) atoms. The van der Waals surface area contributed by atoms with E-state index in [0.717, 1.165) is 16.5 Å². The Morgan fingerprint density at radius 2 is 1.13 bits per heavy atom. The highest BCUT2D eigenvalue weighted by Crippen LogP contribution is 2.24. The highest BCUT2D eigenvalue weighted by atomic mass is 19.1. The van der Waals surface area contributed by atoms with E-state index in [4.69, 9.17) is 73.2 Å². The number of nitrogens with one attached hydrogen (secondary N) is 3. The van der Waals surface area contributed by atoms with E-state index in [-0.39, 0.29) is 121 Å². The molecule has 2 aromatic carbocycles. The molecule has 2 aliphatic rings. The molecule has 0 radical (unpaired) electrons. The number of aromatic nitrogens is 1. The largest absolute Gasteiger partial charge is 0.505 e. The van der Waals surface area contributed by atoms with Gasteiger partial charge in [-0.3, -0.25) is 19.4 Å². The third-order valence-electron chi connectivity index (χ3n) is 13.2. The number of phenols is 1. The maximum Gasteiger partial charge on any atom is 0.222 e. The van der Waals surface area contributed by atoms with E-state index in [1.165, 1.54) is 18.3 Å². The number of hydrazine groups is 1. The van der Waals surface area contributed by atoms with Gasteiger partial charge in [0.15, 0.2) is 11.6 Å². The summed E-state index contributed by atoms with van der Waals surface area (Å²) in [7, 11) is 0. The minimum absolute atomic E-state index is 0.0342. The van der Waals surface area contributed by atoms with Crippen LogP contribution in [0, 0.1) is 5.82 Å². The van der Waals surface area contributed by atoms with Gasteiger partial charge in [0.25, 0.3) is 0 Å². The van der Waals surface area contributed by atoms with Crippen LogP contribution in [0.25, 0.3) is 16.6 Å². The first kappa shape index (κ1) is 72.2. The van der Waals surface area contributed by atoms with Crippen LogP contribution >= 0.6 is 0 Å². The van der Waals surface area contributed by atoms with Crippen LogP contribution in [0.2, 0.25) is 0 Å². The number of halogens is 1. The van der Waals surface area contributed by atoms with E-state index in [9.17, 15) is 44.3 Å². The number of hydrogen-bond donors (Lipinski definition) is 10. The van der Waals surface area contributed by atoms with Crippen LogP contribution in [0.4, 0.5) is 10.1 Å². The standard InChI is InChI=1S/C58H90FN7O21/c59-45-35-43(4-8-49(45)67)66(61)36-46(60)48-6-3-41-34-44(5-7-47(41)65-48)85-15-1-2-56(72)64-42(37-81-16-11-54(70)62-13-20-75-22-24-77-26-28-79-30-32-83-39-52-57(73)50(68)9-18-86-52)38-82-17-12-55(71)63-14-21-76-23-25-78-27-29-80-31-33-84-40-53-58(74)51(69)10-19-87-53/h3-8,34-36,42,50-53,57-58,67-69,73-74H,1-2,9-33,37-40,60-61H2,(H,62,70)(H,63,71)(H,64,72)/b46-36-. The highest BCUT2D eigenvalue weighted by molar-refractivity contribution is 5.82. The van der Waals surface area contributed by atoms with Gasteiger partial charge in [0.05, 0.1) is 180 Å². The van der Waals surface area contributed by atoms with Gasteiger partial charge < -0.3 is 109 Å². The number of pyridine rings is 1. The Labute approximate surface area is 506 Å². The number of anilines is 1. The molecule has 3 heterocycles. The molecule has 0 bridgehead atoms. The molecule has 28 nitrogen and oxygen atoms in total. The number of aliphatic hydroxyl groups is 4. The molecule has 2 aliphatic heterocycles. The van der Waals surface area contributed by atoms with Crippen LogP contribution < -0.4 is 37.3 Å². The third-order valence-corrected chi connectivity index (χ3v) is 13.2. The number of rotatable bonds is 47. The predicted octanol–water partition coefficient (Wildman–Crippen LogP) is -0.439. The van der Waals surface area contributed by atoms with Gasteiger partial charge in [0.2, 0.25) is 17.7 Å². The predicted molar refractivity (Wildman–Crippen MR) is 311 cm³/mol. The van der Waals surface area contributed by atoms with Crippen molar-refractivity contribution in [3.63, 3.8) is 0 Å². The molecule has 1 aromatic heterocycles. The van der Waals surface area contributed by atoms with Crippen molar-refractivity contribution in [3.8, 4) is 11.5 Å². The smallest absolute Gasteiger partial charge is 0.222 e.